The maximum absolute atomic E-state index is 13.0. The second kappa shape index (κ2) is 64.6. The highest BCUT2D eigenvalue weighted by Crippen LogP contribution is 2.38. The molecule has 3 unspecified atom stereocenters. The minimum Gasteiger partial charge on any atom is -0.756 e. The van der Waals surface area contributed by atoms with Gasteiger partial charge in [0.2, 0.25) is 5.91 Å². The van der Waals surface area contributed by atoms with E-state index in [1.54, 1.807) is 6.08 Å². The average Bonchev–Trinajstić information content (AvgIpc) is 3.49. The van der Waals surface area contributed by atoms with Gasteiger partial charge in [0.05, 0.1) is 39.9 Å². The first kappa shape index (κ1) is 81.1. The van der Waals surface area contributed by atoms with Crippen molar-refractivity contribution in [2.45, 2.75) is 276 Å². The van der Waals surface area contributed by atoms with Gasteiger partial charge in [0, 0.05) is 6.42 Å². The molecular weight excluding hydrogens is 1070 g/mol. The number of quaternary nitrogens is 1. The molecule has 0 aliphatic carbocycles. The van der Waals surface area contributed by atoms with Crippen LogP contribution in [0.5, 0.6) is 0 Å². The molecule has 0 aromatic heterocycles. The van der Waals surface area contributed by atoms with E-state index in [0.717, 1.165) is 96.3 Å². The Bertz CT molecular complexity index is 1940. The number of phosphoric ester groups is 1. The number of nitrogens with zero attached hydrogens (tertiary/aromatic N) is 1. The number of hydrogen-bond acceptors (Lipinski definition) is 6. The van der Waals surface area contributed by atoms with Gasteiger partial charge < -0.3 is 28.8 Å². The molecule has 0 aliphatic rings. The van der Waals surface area contributed by atoms with E-state index >= 15 is 0 Å². The van der Waals surface area contributed by atoms with E-state index in [2.05, 4.69) is 165 Å². The third-order valence-corrected chi connectivity index (χ3v) is 15.4. The summed E-state index contributed by atoms with van der Waals surface area (Å²) >= 11 is 0. The molecule has 0 spiro atoms. The van der Waals surface area contributed by atoms with Crippen molar-refractivity contribution in [3.8, 4) is 0 Å². The molecule has 0 fully saturated rings. The minimum absolute atomic E-state index is 0.0267. The Hall–Kier alpha value is -3.88. The van der Waals surface area contributed by atoms with Gasteiger partial charge >= 0.3 is 0 Å². The van der Waals surface area contributed by atoms with E-state index in [9.17, 15) is 19.4 Å². The largest absolute Gasteiger partial charge is 0.756 e. The first-order chi connectivity index (χ1) is 41.5. The van der Waals surface area contributed by atoms with Crippen molar-refractivity contribution >= 4 is 13.7 Å². The number of amides is 1. The van der Waals surface area contributed by atoms with E-state index < -0.39 is 26.6 Å². The number of hydrogen-bond donors (Lipinski definition) is 2. The lowest BCUT2D eigenvalue weighted by molar-refractivity contribution is -0.870. The lowest BCUT2D eigenvalue weighted by Gasteiger charge is -2.29. The molecule has 0 aromatic rings. The van der Waals surface area contributed by atoms with E-state index in [1.165, 1.54) is 135 Å². The summed E-state index contributed by atoms with van der Waals surface area (Å²) in [5.41, 5.74) is 0. The summed E-state index contributed by atoms with van der Waals surface area (Å²) in [6, 6.07) is -0.948. The van der Waals surface area contributed by atoms with Gasteiger partial charge in [-0.15, -0.1) is 0 Å². The van der Waals surface area contributed by atoms with Crippen LogP contribution in [0.2, 0.25) is 0 Å². The third kappa shape index (κ3) is 67.5. The number of unbranched alkanes of at least 4 members (excludes halogenated alkanes) is 24. The van der Waals surface area contributed by atoms with E-state index in [0.29, 0.717) is 23.9 Å². The Morgan fingerprint density at radius 2 is 0.729 bits per heavy atom. The van der Waals surface area contributed by atoms with Crippen molar-refractivity contribution in [1.82, 2.24) is 5.32 Å². The molecule has 0 aromatic carbocycles. The molecule has 2 N–H and O–H groups in total. The molecule has 0 radical (unpaired) electrons. The van der Waals surface area contributed by atoms with E-state index in [1.807, 2.05) is 27.2 Å². The van der Waals surface area contributed by atoms with Gasteiger partial charge in [-0.25, -0.2) is 0 Å². The highest BCUT2D eigenvalue weighted by Gasteiger charge is 2.23. The lowest BCUT2D eigenvalue weighted by atomic mass is 10.0. The number of aliphatic hydroxyl groups excluding tert-OH is 1. The Morgan fingerprint density at radius 1 is 0.424 bits per heavy atom. The van der Waals surface area contributed by atoms with Crippen molar-refractivity contribution in [1.29, 1.82) is 0 Å². The monoisotopic (exact) mass is 1200 g/mol. The lowest BCUT2D eigenvalue weighted by Crippen LogP contribution is -2.45. The molecule has 0 bridgehead atoms. The fraction of sp³-hybridized carbons (Fsp3) is 0.645. The van der Waals surface area contributed by atoms with Crippen molar-refractivity contribution in [2.24, 2.45) is 0 Å². The molecule has 9 heteroatoms. The first-order valence-corrected chi connectivity index (χ1v) is 35.8. The molecule has 0 saturated carbocycles. The Morgan fingerprint density at radius 3 is 1.09 bits per heavy atom. The number of aliphatic hydroxyl groups is 1. The number of allylic oxidation sites excluding steroid dienone is 25. The standard InChI is InChI=1S/C76H129N2O6P/c1-6-8-10-12-14-16-18-20-22-24-26-28-30-32-34-36-38-39-40-42-44-46-48-50-52-54-56-58-60-62-64-66-68-70-76(80)77-74(73-84-85(81,82)83-72-71-78(3,4)5)75(79)69-67-65-63-61-59-57-55-53-51-49-47-45-43-41-37-35-33-31-29-27-25-23-21-19-17-15-13-11-9-7-2/h8,10,14,16,20,22,26,28,32,34,38-39,42,44,48,50-51,53-54,56,59-62,67,69,74-75,79H,6-7,9,11-13,15,17-19,21,23-25,27,29-31,33,35-37,40-41,43,45-47,49,52,55,57-58,63-66,68,70-73H2,1-5H3,(H-,77,80,81,82)/b10-8-,16-14-,22-20-,28-26-,34-32-,39-38-,44-42-,50-48-,53-51+,56-54-,61-59+,62-60-,69-67+. The first-order valence-electron chi connectivity index (χ1n) is 34.3. The average molecular weight is 1200 g/mol. The van der Waals surface area contributed by atoms with Crippen molar-refractivity contribution in [3.63, 3.8) is 0 Å². The molecule has 0 heterocycles. The molecule has 3 atom stereocenters. The molecule has 484 valence electrons. The zero-order valence-corrected chi connectivity index (χ0v) is 56.1. The van der Waals surface area contributed by atoms with Gasteiger partial charge in [0.1, 0.15) is 13.2 Å². The van der Waals surface area contributed by atoms with Gasteiger partial charge in [-0.2, -0.15) is 0 Å². The number of likely N-dealkylation sites (N-methyl/N-ethyl adjacent to an activating group) is 1. The number of carbonyl (C=O) groups excluding carboxylic acids is 1. The second-order valence-corrected chi connectivity index (χ2v) is 25.2. The second-order valence-electron chi connectivity index (χ2n) is 23.8. The number of nitrogens with one attached hydrogen (secondary N) is 1. The minimum atomic E-state index is -4.64. The SMILES string of the molecule is CC/C=C\C/C=C\C/C=C\C/C=C\C/C=C\C/C=C\C/C=C\C/C=C\C/C=C\C/C=C\CCCCC(=O)NC(COP(=O)([O-])OCC[N+](C)(C)C)C(O)/C=C/CC/C=C/CC/C=C/CCCCCCCCCCCCCCCCCCCCCC. The van der Waals surface area contributed by atoms with Crippen LogP contribution in [0.15, 0.2) is 158 Å². The van der Waals surface area contributed by atoms with Gasteiger partial charge in [-0.05, 0) is 122 Å². The van der Waals surface area contributed by atoms with Crippen molar-refractivity contribution in [3.05, 3.63) is 158 Å². The van der Waals surface area contributed by atoms with Crippen LogP contribution in [0, 0.1) is 0 Å². The summed E-state index contributed by atoms with van der Waals surface area (Å²) < 4.78 is 23.4. The predicted molar refractivity (Wildman–Crippen MR) is 371 cm³/mol. The summed E-state index contributed by atoms with van der Waals surface area (Å²) in [4.78, 5) is 25.6. The number of phosphoric acid groups is 1. The van der Waals surface area contributed by atoms with Crippen LogP contribution in [0.3, 0.4) is 0 Å². The van der Waals surface area contributed by atoms with Crippen LogP contribution in [0.4, 0.5) is 0 Å². The van der Waals surface area contributed by atoms with Crippen molar-refractivity contribution in [2.75, 3.05) is 40.9 Å². The number of rotatable bonds is 61. The van der Waals surface area contributed by atoms with Crippen molar-refractivity contribution < 1.29 is 32.9 Å². The van der Waals surface area contributed by atoms with Gasteiger partial charge in [-0.3, -0.25) is 9.36 Å². The molecule has 8 nitrogen and oxygen atoms in total. The van der Waals surface area contributed by atoms with Crippen LogP contribution < -0.4 is 10.2 Å². The topological polar surface area (TPSA) is 108 Å². The smallest absolute Gasteiger partial charge is 0.268 e. The van der Waals surface area contributed by atoms with Gasteiger partial charge in [-0.1, -0.05) is 294 Å². The highest BCUT2D eigenvalue weighted by molar-refractivity contribution is 7.45. The molecule has 0 rings (SSSR count). The zero-order chi connectivity index (χ0) is 61.9. The van der Waals surface area contributed by atoms with Crippen LogP contribution in [0.25, 0.3) is 0 Å². The molecular formula is C76H129N2O6P. The summed E-state index contributed by atoms with van der Waals surface area (Å²) in [6.45, 7) is 4.47. The number of carbonyl (C=O) groups is 1. The predicted octanol–water partition coefficient (Wildman–Crippen LogP) is 21.5. The fourth-order valence-corrected chi connectivity index (χ4v) is 9.88. The van der Waals surface area contributed by atoms with Gasteiger partial charge in [0.15, 0.2) is 0 Å². The molecule has 1 amide bonds. The maximum Gasteiger partial charge on any atom is 0.268 e. The van der Waals surface area contributed by atoms with E-state index in [4.69, 9.17) is 9.05 Å². The third-order valence-electron chi connectivity index (χ3n) is 14.4. The summed E-state index contributed by atoms with van der Waals surface area (Å²) in [5.74, 6) is -0.259. The van der Waals surface area contributed by atoms with Crippen LogP contribution in [0.1, 0.15) is 264 Å². The van der Waals surface area contributed by atoms with Crippen LogP contribution in [-0.4, -0.2) is 68.5 Å². The Balaban J connectivity index is 4.31. The maximum atomic E-state index is 13.0. The highest BCUT2D eigenvalue weighted by atomic mass is 31.2. The Kier molecular flexibility index (Phi) is 61.6. The summed E-state index contributed by atoms with van der Waals surface area (Å²) in [7, 11) is 1.18. The zero-order valence-electron chi connectivity index (χ0n) is 55.2. The van der Waals surface area contributed by atoms with Crippen LogP contribution in [-0.2, 0) is 18.4 Å². The Labute approximate surface area is 524 Å². The van der Waals surface area contributed by atoms with Crippen LogP contribution >= 0.6 is 7.82 Å². The van der Waals surface area contributed by atoms with Gasteiger partial charge in [0.25, 0.3) is 7.82 Å². The molecule has 0 saturated heterocycles. The summed E-state index contributed by atoms with van der Waals surface area (Å²) in [5, 5.41) is 13.9. The summed E-state index contributed by atoms with van der Waals surface area (Å²) in [6.07, 6.45) is 101. The molecule has 85 heavy (non-hydrogen) atoms. The quantitative estimate of drug-likeness (QED) is 0.0272. The fourth-order valence-electron chi connectivity index (χ4n) is 9.15. The normalized spacial score (nSPS) is 14.7. The molecule has 0 aliphatic heterocycles. The van der Waals surface area contributed by atoms with E-state index in [-0.39, 0.29) is 18.9 Å².